The summed E-state index contributed by atoms with van der Waals surface area (Å²) < 4.78 is 2.31. The molecule has 118 valence electrons. The highest BCUT2D eigenvalue weighted by Gasteiger charge is 2.33. The highest BCUT2D eigenvalue weighted by Crippen LogP contribution is 2.30. The third-order valence-corrected chi connectivity index (χ3v) is 4.30. The van der Waals surface area contributed by atoms with E-state index in [1.165, 1.54) is 5.52 Å². The van der Waals surface area contributed by atoms with Gasteiger partial charge in [0.2, 0.25) is 5.91 Å². The lowest BCUT2D eigenvalue weighted by Gasteiger charge is -2.19. The normalized spacial score (nSPS) is 18.8. The predicted octanol–water partition coefficient (Wildman–Crippen LogP) is 3.42. The highest BCUT2D eigenvalue weighted by molar-refractivity contribution is 5.80. The fourth-order valence-electron chi connectivity index (χ4n) is 3.43. The van der Waals surface area contributed by atoms with Gasteiger partial charge in [-0.1, -0.05) is 32.9 Å². The van der Waals surface area contributed by atoms with Gasteiger partial charge in [-0.05, 0) is 24.5 Å². The van der Waals surface area contributed by atoms with Crippen LogP contribution < -0.4 is 0 Å². The van der Waals surface area contributed by atoms with Gasteiger partial charge in [0.1, 0.15) is 5.82 Å². The Kier molecular flexibility index (Phi) is 4.19. The summed E-state index contributed by atoms with van der Waals surface area (Å²) in [5.41, 5.74) is 2.23. The smallest absolute Gasteiger partial charge is 0.223 e. The lowest BCUT2D eigenvalue weighted by molar-refractivity contribution is -0.128. The van der Waals surface area contributed by atoms with Crippen molar-refractivity contribution in [2.75, 3.05) is 13.1 Å². The number of rotatable bonds is 5. The molecule has 1 aromatic heterocycles. The lowest BCUT2D eigenvalue weighted by atomic mass is 10.1. The van der Waals surface area contributed by atoms with Crippen molar-refractivity contribution in [3.05, 3.63) is 30.1 Å². The number of para-hydroxylation sites is 2. The van der Waals surface area contributed by atoms with Crippen LogP contribution in [0.2, 0.25) is 0 Å². The third kappa shape index (κ3) is 2.74. The van der Waals surface area contributed by atoms with E-state index in [-0.39, 0.29) is 11.8 Å². The number of fused-ring (bicyclic) bond motifs is 1. The molecule has 3 rings (SSSR count). The Bertz CT molecular complexity index is 674. The molecule has 0 spiro atoms. The van der Waals surface area contributed by atoms with Crippen molar-refractivity contribution in [3.8, 4) is 0 Å². The van der Waals surface area contributed by atoms with E-state index in [2.05, 4.69) is 43.5 Å². The van der Waals surface area contributed by atoms with Crippen LogP contribution in [0.4, 0.5) is 0 Å². The number of hydrogen-bond donors (Lipinski definition) is 0. The van der Waals surface area contributed by atoms with Crippen molar-refractivity contribution in [3.63, 3.8) is 0 Å². The molecule has 1 aliphatic heterocycles. The van der Waals surface area contributed by atoms with Gasteiger partial charge in [0.25, 0.3) is 0 Å². The standard InChI is InChI=1S/C18H25N3O/c1-4-9-21-16-8-6-5-7-15(16)19-18(21)14-10-17(22)20(12-14)11-13(2)3/h5-8,13-14H,4,9-12H2,1-3H3/t14-/m1/s1. The Morgan fingerprint density at radius 1 is 1.32 bits per heavy atom. The van der Waals surface area contributed by atoms with Gasteiger partial charge < -0.3 is 9.47 Å². The fourth-order valence-corrected chi connectivity index (χ4v) is 3.43. The zero-order chi connectivity index (χ0) is 15.7. The number of imidazole rings is 1. The van der Waals surface area contributed by atoms with E-state index in [9.17, 15) is 4.79 Å². The van der Waals surface area contributed by atoms with Crippen molar-refractivity contribution in [2.24, 2.45) is 5.92 Å². The molecule has 0 N–H and O–H groups in total. The second-order valence-corrected chi connectivity index (χ2v) is 6.70. The van der Waals surface area contributed by atoms with Crippen LogP contribution in [0.15, 0.2) is 24.3 Å². The summed E-state index contributed by atoms with van der Waals surface area (Å²) in [5.74, 6) is 2.10. The number of nitrogens with zero attached hydrogens (tertiary/aromatic N) is 3. The first-order valence-corrected chi connectivity index (χ1v) is 8.33. The van der Waals surface area contributed by atoms with E-state index in [1.807, 2.05) is 11.0 Å². The molecule has 0 aliphatic carbocycles. The minimum absolute atomic E-state index is 0.227. The van der Waals surface area contributed by atoms with E-state index in [0.717, 1.165) is 37.4 Å². The highest BCUT2D eigenvalue weighted by atomic mass is 16.2. The molecule has 1 aliphatic rings. The van der Waals surface area contributed by atoms with Crippen LogP contribution in [0.3, 0.4) is 0 Å². The van der Waals surface area contributed by atoms with Crippen LogP contribution in [0.5, 0.6) is 0 Å². The molecular weight excluding hydrogens is 274 g/mol. The van der Waals surface area contributed by atoms with Crippen LogP contribution in [-0.2, 0) is 11.3 Å². The summed E-state index contributed by atoms with van der Waals surface area (Å²) in [6.45, 7) is 9.13. The summed E-state index contributed by atoms with van der Waals surface area (Å²) in [7, 11) is 0. The molecular formula is C18H25N3O. The molecule has 0 unspecified atom stereocenters. The SMILES string of the molecule is CCCn1c([C@@H]2CC(=O)N(CC(C)C)C2)nc2ccccc21. The van der Waals surface area contributed by atoms with Gasteiger partial charge in [-0.15, -0.1) is 0 Å². The van der Waals surface area contributed by atoms with Crippen molar-refractivity contribution in [2.45, 2.75) is 46.1 Å². The van der Waals surface area contributed by atoms with Gasteiger partial charge in [0.15, 0.2) is 0 Å². The molecule has 2 aromatic rings. The molecule has 1 fully saturated rings. The fraction of sp³-hybridized carbons (Fsp3) is 0.556. The molecule has 1 amide bonds. The van der Waals surface area contributed by atoms with Crippen LogP contribution >= 0.6 is 0 Å². The molecule has 4 nitrogen and oxygen atoms in total. The first-order valence-electron chi connectivity index (χ1n) is 8.33. The van der Waals surface area contributed by atoms with Crippen molar-refractivity contribution >= 4 is 16.9 Å². The van der Waals surface area contributed by atoms with Gasteiger partial charge in [-0.3, -0.25) is 4.79 Å². The first kappa shape index (κ1) is 15.1. The first-order chi connectivity index (χ1) is 10.6. The van der Waals surface area contributed by atoms with Crippen molar-refractivity contribution < 1.29 is 4.79 Å². The minimum atomic E-state index is 0.227. The van der Waals surface area contributed by atoms with E-state index in [4.69, 9.17) is 4.98 Å². The topological polar surface area (TPSA) is 38.1 Å². The molecule has 0 radical (unpaired) electrons. The van der Waals surface area contributed by atoms with Crippen LogP contribution in [-0.4, -0.2) is 33.4 Å². The molecule has 0 bridgehead atoms. The Hall–Kier alpha value is -1.84. The Morgan fingerprint density at radius 3 is 2.82 bits per heavy atom. The number of carbonyl (C=O) groups is 1. The van der Waals surface area contributed by atoms with Crippen LogP contribution in [0, 0.1) is 5.92 Å². The number of aryl methyl sites for hydroxylation is 1. The van der Waals surface area contributed by atoms with E-state index in [0.29, 0.717) is 12.3 Å². The van der Waals surface area contributed by atoms with Crippen LogP contribution in [0.25, 0.3) is 11.0 Å². The number of amides is 1. The van der Waals surface area contributed by atoms with Gasteiger partial charge >= 0.3 is 0 Å². The quantitative estimate of drug-likeness (QED) is 0.848. The molecule has 1 saturated heterocycles. The monoisotopic (exact) mass is 299 g/mol. The maximum Gasteiger partial charge on any atom is 0.223 e. The summed E-state index contributed by atoms with van der Waals surface area (Å²) in [5, 5.41) is 0. The predicted molar refractivity (Wildman–Crippen MR) is 88.8 cm³/mol. The van der Waals surface area contributed by atoms with E-state index < -0.39 is 0 Å². The average Bonchev–Trinajstić information content (AvgIpc) is 3.01. The number of benzene rings is 1. The molecule has 1 atom stereocenters. The molecule has 22 heavy (non-hydrogen) atoms. The second kappa shape index (κ2) is 6.11. The number of hydrogen-bond acceptors (Lipinski definition) is 2. The number of aromatic nitrogens is 2. The Morgan fingerprint density at radius 2 is 2.09 bits per heavy atom. The largest absolute Gasteiger partial charge is 0.342 e. The lowest BCUT2D eigenvalue weighted by Crippen LogP contribution is -2.29. The Labute approximate surface area is 132 Å². The molecule has 2 heterocycles. The second-order valence-electron chi connectivity index (χ2n) is 6.70. The zero-order valence-corrected chi connectivity index (χ0v) is 13.7. The average molecular weight is 299 g/mol. The maximum absolute atomic E-state index is 12.3. The third-order valence-electron chi connectivity index (χ3n) is 4.30. The number of likely N-dealkylation sites (tertiary alicyclic amines) is 1. The van der Waals surface area contributed by atoms with Gasteiger partial charge in [-0.25, -0.2) is 4.98 Å². The summed E-state index contributed by atoms with van der Waals surface area (Å²) >= 11 is 0. The van der Waals surface area contributed by atoms with Gasteiger partial charge in [0.05, 0.1) is 11.0 Å². The van der Waals surface area contributed by atoms with Crippen molar-refractivity contribution in [1.82, 2.24) is 14.5 Å². The van der Waals surface area contributed by atoms with Crippen LogP contribution in [0.1, 0.15) is 45.4 Å². The van der Waals surface area contributed by atoms with Crippen molar-refractivity contribution in [1.29, 1.82) is 0 Å². The number of carbonyl (C=O) groups excluding carboxylic acids is 1. The Balaban J connectivity index is 1.93. The van der Waals surface area contributed by atoms with Gasteiger partial charge in [0, 0.05) is 32.0 Å². The molecule has 4 heteroatoms. The summed E-state index contributed by atoms with van der Waals surface area (Å²) in [6, 6.07) is 8.28. The minimum Gasteiger partial charge on any atom is -0.342 e. The maximum atomic E-state index is 12.3. The zero-order valence-electron chi connectivity index (χ0n) is 13.7. The molecule has 1 aromatic carbocycles. The summed E-state index contributed by atoms with van der Waals surface area (Å²) in [4.78, 5) is 19.1. The summed E-state index contributed by atoms with van der Waals surface area (Å²) in [6.07, 6.45) is 1.67. The van der Waals surface area contributed by atoms with E-state index >= 15 is 0 Å². The molecule has 0 saturated carbocycles. The van der Waals surface area contributed by atoms with Gasteiger partial charge in [-0.2, -0.15) is 0 Å². The van der Waals surface area contributed by atoms with E-state index in [1.54, 1.807) is 0 Å².